The molecular formula is C11H13N5O2. The molecule has 2 aliphatic rings. The summed E-state index contributed by atoms with van der Waals surface area (Å²) in [7, 11) is 0. The lowest BCUT2D eigenvalue weighted by molar-refractivity contribution is -0.120. The van der Waals surface area contributed by atoms with E-state index in [9.17, 15) is 9.59 Å². The second-order valence-corrected chi connectivity index (χ2v) is 4.41. The average molecular weight is 247 g/mol. The van der Waals surface area contributed by atoms with Crippen molar-refractivity contribution in [3.05, 3.63) is 23.5 Å². The zero-order valence-corrected chi connectivity index (χ0v) is 9.56. The van der Waals surface area contributed by atoms with Crippen LogP contribution in [0.5, 0.6) is 0 Å². The lowest BCUT2D eigenvalue weighted by Gasteiger charge is -2.17. The van der Waals surface area contributed by atoms with Gasteiger partial charge in [-0.3, -0.25) is 14.9 Å². The smallest absolute Gasteiger partial charge is 0.267 e. The Hall–Kier alpha value is -2.31. The second-order valence-electron chi connectivity index (χ2n) is 4.41. The number of nitrogens with zero attached hydrogens (tertiary/aromatic N) is 1. The number of amides is 2. The summed E-state index contributed by atoms with van der Waals surface area (Å²) in [5.74, 6) is -0.344. The largest absolute Gasteiger partial charge is 0.370 e. The Bertz CT molecular complexity index is 547. The highest BCUT2D eigenvalue weighted by atomic mass is 16.2. The number of aliphatic imine (C=N–C) groups is 1. The lowest BCUT2D eigenvalue weighted by atomic mass is 9.89. The quantitative estimate of drug-likeness (QED) is 0.513. The van der Waals surface area contributed by atoms with E-state index in [1.807, 2.05) is 6.07 Å². The molecule has 0 spiro atoms. The fourth-order valence-corrected chi connectivity index (χ4v) is 2.51. The van der Waals surface area contributed by atoms with Gasteiger partial charge in [-0.15, -0.1) is 0 Å². The first-order valence-corrected chi connectivity index (χ1v) is 5.76. The first kappa shape index (κ1) is 10.8. The molecule has 2 amide bonds. The predicted molar refractivity (Wildman–Crippen MR) is 64.0 cm³/mol. The van der Waals surface area contributed by atoms with Crippen LogP contribution in [0.4, 0.5) is 0 Å². The van der Waals surface area contributed by atoms with E-state index < -0.39 is 6.04 Å². The molecule has 3 heterocycles. The number of carbonyl (C=O) groups is 2. The molecule has 1 aromatic heterocycles. The van der Waals surface area contributed by atoms with E-state index in [2.05, 4.69) is 20.6 Å². The van der Waals surface area contributed by atoms with Crippen molar-refractivity contribution in [2.24, 2.45) is 10.7 Å². The van der Waals surface area contributed by atoms with E-state index in [-0.39, 0.29) is 23.7 Å². The lowest BCUT2D eigenvalue weighted by Crippen LogP contribution is -2.35. The van der Waals surface area contributed by atoms with Gasteiger partial charge in [0.25, 0.3) is 11.8 Å². The molecule has 0 aromatic carbocycles. The molecule has 94 valence electrons. The fraction of sp³-hybridized carbons (Fsp3) is 0.364. The van der Waals surface area contributed by atoms with Gasteiger partial charge in [0.2, 0.25) is 0 Å². The highest BCUT2D eigenvalue weighted by Gasteiger charge is 2.37. The molecule has 0 radical (unpaired) electrons. The number of H-pyrrole nitrogens is 1. The van der Waals surface area contributed by atoms with E-state index in [4.69, 9.17) is 5.73 Å². The van der Waals surface area contributed by atoms with Crippen molar-refractivity contribution in [1.82, 2.24) is 15.6 Å². The van der Waals surface area contributed by atoms with Crippen LogP contribution in [-0.4, -0.2) is 35.3 Å². The summed E-state index contributed by atoms with van der Waals surface area (Å²) in [5, 5.41) is 5.28. The standard InChI is InChI=1S/C11H13N5O2/c12-11-15-8(10(18)16-11)6-2-4-14-9(17)7-5(6)1-3-13-7/h1,3,6,8,13H,2,4H2,(H,14,17)(H3,12,15,16,18)/t6-,8+/m0/s1. The molecule has 2 aliphatic heterocycles. The molecular weight excluding hydrogens is 234 g/mol. The van der Waals surface area contributed by atoms with Crippen molar-refractivity contribution in [2.75, 3.05) is 6.54 Å². The number of hydrogen-bond acceptors (Lipinski definition) is 4. The topological polar surface area (TPSA) is 112 Å². The highest BCUT2D eigenvalue weighted by molar-refractivity contribution is 6.05. The number of rotatable bonds is 1. The molecule has 1 aromatic rings. The van der Waals surface area contributed by atoms with E-state index in [1.165, 1.54) is 0 Å². The van der Waals surface area contributed by atoms with E-state index in [1.54, 1.807) is 6.20 Å². The van der Waals surface area contributed by atoms with Crippen LogP contribution in [0.3, 0.4) is 0 Å². The number of nitrogens with two attached hydrogens (primary N) is 1. The van der Waals surface area contributed by atoms with E-state index in [0.717, 1.165) is 5.56 Å². The van der Waals surface area contributed by atoms with Crippen LogP contribution in [0.2, 0.25) is 0 Å². The van der Waals surface area contributed by atoms with Crippen molar-refractivity contribution in [3.8, 4) is 0 Å². The summed E-state index contributed by atoms with van der Waals surface area (Å²) in [6.45, 7) is 0.519. The zero-order valence-electron chi connectivity index (χ0n) is 9.56. The zero-order chi connectivity index (χ0) is 12.7. The molecule has 5 N–H and O–H groups in total. The van der Waals surface area contributed by atoms with Gasteiger partial charge in [0.1, 0.15) is 11.7 Å². The number of fused-ring (bicyclic) bond motifs is 1. The van der Waals surface area contributed by atoms with E-state index >= 15 is 0 Å². The van der Waals surface area contributed by atoms with Gasteiger partial charge >= 0.3 is 0 Å². The van der Waals surface area contributed by atoms with Gasteiger partial charge in [-0.1, -0.05) is 0 Å². The van der Waals surface area contributed by atoms with Gasteiger partial charge < -0.3 is 16.0 Å². The van der Waals surface area contributed by atoms with Crippen LogP contribution in [-0.2, 0) is 4.79 Å². The third kappa shape index (κ3) is 1.55. The van der Waals surface area contributed by atoms with E-state index in [0.29, 0.717) is 18.7 Å². The Morgan fingerprint density at radius 3 is 2.94 bits per heavy atom. The number of aromatic amines is 1. The molecule has 7 heteroatoms. The first-order valence-electron chi connectivity index (χ1n) is 5.76. The van der Waals surface area contributed by atoms with Gasteiger partial charge in [-0.2, -0.15) is 0 Å². The van der Waals surface area contributed by atoms with Crippen molar-refractivity contribution in [3.63, 3.8) is 0 Å². The maximum atomic E-state index is 11.8. The number of carbonyl (C=O) groups excluding carboxylic acids is 2. The minimum Gasteiger partial charge on any atom is -0.370 e. The fourth-order valence-electron chi connectivity index (χ4n) is 2.51. The van der Waals surface area contributed by atoms with Gasteiger partial charge in [-0.05, 0) is 18.1 Å². The Morgan fingerprint density at radius 2 is 2.22 bits per heavy atom. The Kier molecular flexibility index (Phi) is 2.32. The molecule has 0 saturated carbocycles. The first-order chi connectivity index (χ1) is 8.66. The molecule has 0 fully saturated rings. The Morgan fingerprint density at radius 1 is 1.39 bits per heavy atom. The minimum absolute atomic E-state index is 0.133. The van der Waals surface area contributed by atoms with Gasteiger partial charge in [0, 0.05) is 18.7 Å². The minimum atomic E-state index is -0.549. The summed E-state index contributed by atoms with van der Waals surface area (Å²) < 4.78 is 0. The van der Waals surface area contributed by atoms with Gasteiger partial charge in [-0.25, -0.2) is 4.99 Å². The molecule has 7 nitrogen and oxygen atoms in total. The van der Waals surface area contributed by atoms with Crippen molar-refractivity contribution in [1.29, 1.82) is 0 Å². The Labute approximate surface area is 103 Å². The summed E-state index contributed by atoms with van der Waals surface area (Å²) in [5.41, 5.74) is 6.84. The number of hydrogen-bond donors (Lipinski definition) is 4. The molecule has 0 saturated heterocycles. The van der Waals surface area contributed by atoms with Crippen molar-refractivity contribution >= 4 is 17.8 Å². The maximum Gasteiger partial charge on any atom is 0.267 e. The summed E-state index contributed by atoms with van der Waals surface area (Å²) in [6, 6.07) is 1.27. The normalized spacial score (nSPS) is 27.0. The van der Waals surface area contributed by atoms with Crippen LogP contribution in [0.25, 0.3) is 0 Å². The van der Waals surface area contributed by atoms with Crippen LogP contribution in [0.15, 0.2) is 17.3 Å². The van der Waals surface area contributed by atoms with Crippen LogP contribution in [0, 0.1) is 0 Å². The van der Waals surface area contributed by atoms with Crippen LogP contribution in [0.1, 0.15) is 28.4 Å². The third-order valence-electron chi connectivity index (χ3n) is 3.33. The van der Waals surface area contributed by atoms with Crippen LogP contribution < -0.4 is 16.4 Å². The van der Waals surface area contributed by atoms with Gasteiger partial charge in [0.05, 0.1) is 0 Å². The monoisotopic (exact) mass is 247 g/mol. The molecule has 0 unspecified atom stereocenters. The third-order valence-corrected chi connectivity index (χ3v) is 3.33. The molecule has 0 aliphatic carbocycles. The SMILES string of the molecule is NC1=N[C@H]([C@H]2CCNC(=O)c3[nH]ccc32)C(=O)N1. The predicted octanol–water partition coefficient (Wildman–Crippen LogP) is -0.955. The summed E-state index contributed by atoms with van der Waals surface area (Å²) in [6.07, 6.45) is 2.36. The number of nitrogens with one attached hydrogen (secondary N) is 3. The van der Waals surface area contributed by atoms with Crippen molar-refractivity contribution in [2.45, 2.75) is 18.4 Å². The summed E-state index contributed by atoms with van der Waals surface area (Å²) in [4.78, 5) is 30.6. The number of aromatic nitrogens is 1. The van der Waals surface area contributed by atoms with Crippen LogP contribution >= 0.6 is 0 Å². The molecule has 2 atom stereocenters. The number of guanidine groups is 1. The second kappa shape index (κ2) is 3.86. The molecule has 0 bridgehead atoms. The summed E-state index contributed by atoms with van der Waals surface area (Å²) >= 11 is 0. The van der Waals surface area contributed by atoms with Crippen molar-refractivity contribution < 1.29 is 9.59 Å². The Balaban J connectivity index is 2.01. The van der Waals surface area contributed by atoms with Gasteiger partial charge in [0.15, 0.2) is 5.96 Å². The highest BCUT2D eigenvalue weighted by Crippen LogP contribution is 2.31. The average Bonchev–Trinajstić information content (AvgIpc) is 2.88. The molecule has 18 heavy (non-hydrogen) atoms. The molecule has 3 rings (SSSR count). The maximum absolute atomic E-state index is 11.8.